The normalized spacial score (nSPS) is 30.2. The predicted octanol–water partition coefficient (Wildman–Crippen LogP) is 3.80. The van der Waals surface area contributed by atoms with Crippen molar-refractivity contribution in [2.45, 2.75) is 38.4 Å². The molecule has 1 aromatic carbocycles. The van der Waals surface area contributed by atoms with Crippen molar-refractivity contribution in [3.8, 4) is 0 Å². The van der Waals surface area contributed by atoms with Gasteiger partial charge in [0.1, 0.15) is 5.82 Å². The van der Waals surface area contributed by atoms with Gasteiger partial charge in [0, 0.05) is 49.0 Å². The van der Waals surface area contributed by atoms with Crippen LogP contribution in [-0.4, -0.2) is 65.2 Å². The number of benzene rings is 1. The molecule has 1 aromatic heterocycles. The summed E-state index contributed by atoms with van der Waals surface area (Å²) >= 11 is 1.35. The Morgan fingerprint density at radius 1 is 0.968 bits per heavy atom. The van der Waals surface area contributed by atoms with Gasteiger partial charge >= 0.3 is 0 Å². The molecule has 168 valence electrons. The van der Waals surface area contributed by atoms with E-state index in [1.54, 1.807) is 0 Å². The third kappa shape index (κ3) is 4.45. The molecule has 6 nitrogen and oxygen atoms in total. The third-order valence-electron chi connectivity index (χ3n) is 6.22. The molecule has 2 aliphatic heterocycles. The van der Waals surface area contributed by atoms with E-state index >= 15 is 0 Å². The largest absolute Gasteiger partial charge is 0.353 e. The number of nitrogens with zero attached hydrogens (tertiary/aromatic N) is 4. The van der Waals surface area contributed by atoms with Gasteiger partial charge in [-0.1, -0.05) is 25.0 Å². The Labute approximate surface area is 205 Å². The van der Waals surface area contributed by atoms with E-state index in [-0.39, 0.29) is 30.4 Å². The van der Waals surface area contributed by atoms with Gasteiger partial charge in [0.15, 0.2) is 0 Å². The summed E-state index contributed by atoms with van der Waals surface area (Å²) in [6.45, 7) is -5.63. The molecule has 8 heteroatoms. The molecule has 2 amide bonds. The number of carbonyl (C=O) groups is 2. The Morgan fingerprint density at radius 2 is 1.61 bits per heavy atom. The molecule has 3 heterocycles. The molecule has 1 aliphatic carbocycles. The molecule has 2 aromatic rings. The molecule has 3 aliphatic rings. The Balaban J connectivity index is 0.00000353. The fraction of sp³-hybridized carbons (Fsp3) is 0.609. The fourth-order valence-corrected chi connectivity index (χ4v) is 5.39. The first kappa shape index (κ1) is 14.4. The Hall–Kier alpha value is -1.70. The van der Waals surface area contributed by atoms with Crippen molar-refractivity contribution >= 4 is 51.7 Å². The van der Waals surface area contributed by atoms with E-state index in [2.05, 4.69) is 4.37 Å². The van der Waals surface area contributed by atoms with E-state index in [1.807, 2.05) is 29.2 Å². The van der Waals surface area contributed by atoms with Crippen LogP contribution in [-0.2, 0) is 9.59 Å². The molecule has 1 saturated carbocycles. The Bertz CT molecular complexity index is 1230. The van der Waals surface area contributed by atoms with Crippen LogP contribution < -0.4 is 4.90 Å². The van der Waals surface area contributed by atoms with Crippen molar-refractivity contribution in [1.29, 1.82) is 0 Å². The van der Waals surface area contributed by atoms with Crippen molar-refractivity contribution in [2.24, 2.45) is 11.8 Å². The van der Waals surface area contributed by atoms with E-state index in [0.29, 0.717) is 38.8 Å². The minimum absolute atomic E-state index is 0. The summed E-state index contributed by atoms with van der Waals surface area (Å²) in [5.41, 5.74) is 0. The standard InChI is InChI=1S/C23H30N4O2S.ClH/c28-22-17-7-1-2-8-18(17)23(29)27(22)12-6-5-11-25-13-15-26(16-14-25)21-19-9-3-4-10-20(19)30-24-21;/h3-4,9-10,17-18H,1-2,5-8,11-16H2;1H/t17-,18+;/i5D2,6D2,11D2,12D2;. The number of fused-ring (bicyclic) bond motifs is 2. The molecule has 0 radical (unpaired) electrons. The lowest BCUT2D eigenvalue weighted by Crippen LogP contribution is -2.46. The van der Waals surface area contributed by atoms with Gasteiger partial charge in [-0.15, -0.1) is 12.4 Å². The van der Waals surface area contributed by atoms with Gasteiger partial charge < -0.3 is 4.90 Å². The molecule has 31 heavy (non-hydrogen) atoms. The first-order chi connectivity index (χ1) is 17.7. The quantitative estimate of drug-likeness (QED) is 0.601. The minimum Gasteiger partial charge on any atom is -0.353 e. The van der Waals surface area contributed by atoms with Gasteiger partial charge in [0.05, 0.1) is 16.5 Å². The fourth-order valence-electron chi connectivity index (χ4n) is 4.59. The number of hydrogen-bond acceptors (Lipinski definition) is 6. The summed E-state index contributed by atoms with van der Waals surface area (Å²) in [6.07, 6.45) is -4.77. The second-order valence-electron chi connectivity index (χ2n) is 7.96. The topological polar surface area (TPSA) is 56.8 Å². The number of imide groups is 1. The average Bonchev–Trinajstić information content (AvgIpc) is 3.43. The highest BCUT2D eigenvalue weighted by Crippen LogP contribution is 2.38. The lowest BCUT2D eigenvalue weighted by molar-refractivity contribution is -0.140. The van der Waals surface area contributed by atoms with Gasteiger partial charge in [-0.2, -0.15) is 4.37 Å². The van der Waals surface area contributed by atoms with Crippen LogP contribution in [0.15, 0.2) is 24.3 Å². The van der Waals surface area contributed by atoms with Gasteiger partial charge in [-0.3, -0.25) is 19.4 Å². The van der Waals surface area contributed by atoms with Crippen LogP contribution in [0.1, 0.15) is 49.4 Å². The second kappa shape index (κ2) is 9.84. The first-order valence-corrected chi connectivity index (χ1v) is 11.2. The van der Waals surface area contributed by atoms with E-state index in [4.69, 9.17) is 11.0 Å². The van der Waals surface area contributed by atoms with Gasteiger partial charge in [0.2, 0.25) is 11.8 Å². The van der Waals surface area contributed by atoms with Crippen LogP contribution in [0.4, 0.5) is 5.82 Å². The number of rotatable bonds is 6. The van der Waals surface area contributed by atoms with Gasteiger partial charge in [-0.25, -0.2) is 0 Å². The molecule has 2 saturated heterocycles. The smallest absolute Gasteiger partial charge is 0.233 e. The number of likely N-dealkylation sites (tertiary alicyclic amines) is 1. The number of amides is 2. The maximum Gasteiger partial charge on any atom is 0.233 e. The van der Waals surface area contributed by atoms with Gasteiger partial charge in [0.25, 0.3) is 0 Å². The summed E-state index contributed by atoms with van der Waals surface area (Å²) in [6, 6.07) is 7.74. The number of piperazine rings is 1. The zero-order chi connectivity index (χ0) is 27.7. The molecule has 0 N–H and O–H groups in total. The van der Waals surface area contributed by atoms with E-state index in [9.17, 15) is 9.59 Å². The molecule has 3 fully saturated rings. The van der Waals surface area contributed by atoms with E-state index in [0.717, 1.165) is 15.9 Å². The predicted molar refractivity (Wildman–Crippen MR) is 127 cm³/mol. The van der Waals surface area contributed by atoms with Crippen molar-refractivity contribution in [2.75, 3.05) is 44.1 Å². The summed E-state index contributed by atoms with van der Waals surface area (Å²) in [7, 11) is 0. The lowest BCUT2D eigenvalue weighted by atomic mass is 9.81. The molecule has 0 bridgehead atoms. The molecule has 0 unspecified atom stereocenters. The van der Waals surface area contributed by atoms with Crippen molar-refractivity contribution < 1.29 is 20.6 Å². The summed E-state index contributed by atoms with van der Waals surface area (Å²) in [5.74, 6) is -2.39. The molecule has 0 spiro atoms. The van der Waals surface area contributed by atoms with Gasteiger partial charge in [-0.05, 0) is 55.7 Å². The number of carbonyl (C=O) groups excluding carboxylic acids is 2. The highest BCUT2D eigenvalue weighted by molar-refractivity contribution is 7.13. The first-order valence-electron chi connectivity index (χ1n) is 14.5. The van der Waals surface area contributed by atoms with Crippen LogP contribution in [0.2, 0.25) is 0 Å². The molecule has 2 atom stereocenters. The van der Waals surface area contributed by atoms with Crippen molar-refractivity contribution in [3.63, 3.8) is 0 Å². The zero-order valence-electron chi connectivity index (χ0n) is 25.0. The zero-order valence-corrected chi connectivity index (χ0v) is 18.7. The number of aromatic nitrogens is 1. The van der Waals surface area contributed by atoms with Crippen molar-refractivity contribution in [1.82, 2.24) is 14.2 Å². The summed E-state index contributed by atoms with van der Waals surface area (Å²) < 4.78 is 74.1. The number of anilines is 1. The van der Waals surface area contributed by atoms with Crippen LogP contribution in [0, 0.1) is 11.8 Å². The van der Waals surface area contributed by atoms with E-state index in [1.165, 1.54) is 16.4 Å². The van der Waals surface area contributed by atoms with Crippen LogP contribution >= 0.6 is 23.9 Å². The molecular formula is C23H31ClN4O2S. The van der Waals surface area contributed by atoms with Crippen molar-refractivity contribution in [3.05, 3.63) is 24.3 Å². The second-order valence-corrected chi connectivity index (χ2v) is 8.76. The summed E-state index contributed by atoms with van der Waals surface area (Å²) in [5, 5.41) is 0.967. The lowest BCUT2D eigenvalue weighted by Gasteiger charge is -2.35. The van der Waals surface area contributed by atoms with Crippen LogP contribution in [0.5, 0.6) is 0 Å². The monoisotopic (exact) mass is 470 g/mol. The highest BCUT2D eigenvalue weighted by Gasteiger charge is 2.47. The minimum atomic E-state index is -3.55. The third-order valence-corrected chi connectivity index (χ3v) is 7.04. The molecule has 5 rings (SSSR count). The van der Waals surface area contributed by atoms with Crippen LogP contribution in [0.25, 0.3) is 10.1 Å². The van der Waals surface area contributed by atoms with Crippen LogP contribution in [0.3, 0.4) is 0 Å². The maximum atomic E-state index is 13.0. The summed E-state index contributed by atoms with van der Waals surface area (Å²) in [4.78, 5) is 29.4. The highest BCUT2D eigenvalue weighted by atomic mass is 35.5. The SMILES string of the molecule is Cl.[2H]C([2H])(N1CCN(c2nsc3ccccc23)CC1)C([2H])([2H])C([2H])([2H])C([2H])([2H])N1C(=O)[C@H]2CCCC[C@H]2C1=O. The molecular weight excluding hydrogens is 432 g/mol. The average molecular weight is 471 g/mol. The number of hydrogen-bond donors (Lipinski definition) is 0. The maximum absolute atomic E-state index is 13.0. The van der Waals surface area contributed by atoms with E-state index < -0.39 is 49.4 Å². The number of halogens is 1. The Kier molecular flexibility index (Phi) is 4.59. The Morgan fingerprint density at radius 3 is 2.32 bits per heavy atom.